The Balaban J connectivity index is 1.23. The van der Waals surface area contributed by atoms with Crippen molar-refractivity contribution in [1.82, 2.24) is 34.8 Å². The maximum absolute atomic E-state index is 17.2. The number of piperidine rings is 1. The van der Waals surface area contributed by atoms with Crippen molar-refractivity contribution < 1.29 is 9.18 Å². The molecule has 2 aromatic carbocycles. The molecule has 1 N–H and O–H groups in total. The Morgan fingerprint density at radius 1 is 1.20 bits per heavy atom. The van der Waals surface area contributed by atoms with Gasteiger partial charge in [-0.25, -0.2) is 14.1 Å². The Kier molecular flexibility index (Phi) is 6.24. The van der Waals surface area contributed by atoms with E-state index in [4.69, 9.17) is 28.2 Å². The van der Waals surface area contributed by atoms with Crippen LogP contribution in [0.1, 0.15) is 60.4 Å². The van der Waals surface area contributed by atoms with Crippen LogP contribution in [0.3, 0.4) is 0 Å². The van der Waals surface area contributed by atoms with Crippen LogP contribution in [0.5, 0.6) is 0 Å². The minimum Gasteiger partial charge on any atom is -0.334 e. The third kappa shape index (κ3) is 4.01. The number of nitrogens with zero attached hydrogens (tertiary/aromatic N) is 7. The van der Waals surface area contributed by atoms with Gasteiger partial charge in [-0.3, -0.25) is 4.79 Å². The number of nitriles is 1. The Morgan fingerprint density at radius 2 is 2.04 bits per heavy atom. The summed E-state index contributed by atoms with van der Waals surface area (Å²) in [5.74, 6) is 0.810. The van der Waals surface area contributed by atoms with E-state index in [2.05, 4.69) is 37.2 Å². The molecule has 3 aromatic heterocycles. The van der Waals surface area contributed by atoms with Gasteiger partial charge in [-0.05, 0) is 63.3 Å². The average Bonchev–Trinajstić information content (AvgIpc) is 3.86. The van der Waals surface area contributed by atoms with E-state index in [-0.39, 0.29) is 46.4 Å². The summed E-state index contributed by atoms with van der Waals surface area (Å²) in [6.07, 6.45) is 5.08. The van der Waals surface area contributed by atoms with Gasteiger partial charge in [-0.15, -0.1) is 5.10 Å². The second-order valence-corrected chi connectivity index (χ2v) is 15.4. The van der Waals surface area contributed by atoms with E-state index in [1.807, 2.05) is 30.8 Å². The van der Waals surface area contributed by atoms with Crippen LogP contribution < -0.4 is 5.32 Å². The molecule has 49 heavy (non-hydrogen) atoms. The second-order valence-electron chi connectivity index (χ2n) is 14.7. The molecule has 248 valence electrons. The van der Waals surface area contributed by atoms with Crippen molar-refractivity contribution in [2.75, 3.05) is 13.1 Å². The Labute approximate surface area is 292 Å². The fraction of sp³-hybridized carbons (Fsp3) is 0.432. The summed E-state index contributed by atoms with van der Waals surface area (Å²) in [5, 5.41) is 24.3. The minimum absolute atomic E-state index is 0.00193. The molecule has 9 nitrogen and oxygen atoms in total. The van der Waals surface area contributed by atoms with Gasteiger partial charge in [0.1, 0.15) is 5.52 Å². The lowest BCUT2D eigenvalue weighted by Crippen LogP contribution is -2.34. The molecule has 3 unspecified atom stereocenters. The molecule has 5 aromatic rings. The zero-order valence-electron chi connectivity index (χ0n) is 27.1. The molecular formula is C37H33Cl2FN8O. The number of likely N-dealkylation sites (tertiary alicyclic amines) is 1. The SMILES string of the molecule is Cc1cn([C@H]2C[C@H](c3cc4c(C)nc5c(F)c(-c6cccc(Cl)c6Cl)c(CCC#N)cc5c4n3[C@]34C5CNC3C54)N(C(=O)C3CC3)C2)nn1. The van der Waals surface area contributed by atoms with Gasteiger partial charge in [0.05, 0.1) is 44.9 Å². The zero-order chi connectivity index (χ0) is 33.5. The highest BCUT2D eigenvalue weighted by atomic mass is 35.5. The number of hydrogen-bond acceptors (Lipinski definition) is 6. The molecule has 3 aliphatic heterocycles. The number of nitrogens with one attached hydrogen (secondary N) is 1. The molecule has 6 fully saturated rings. The maximum atomic E-state index is 17.2. The van der Waals surface area contributed by atoms with E-state index in [1.54, 1.807) is 18.2 Å². The van der Waals surface area contributed by atoms with Crippen LogP contribution in [0, 0.1) is 48.7 Å². The summed E-state index contributed by atoms with van der Waals surface area (Å²) >= 11 is 13.1. The molecule has 2 bridgehead atoms. The van der Waals surface area contributed by atoms with Crippen LogP contribution >= 0.6 is 23.2 Å². The largest absolute Gasteiger partial charge is 0.334 e. The first-order valence-electron chi connectivity index (χ1n) is 17.1. The molecule has 3 aliphatic carbocycles. The van der Waals surface area contributed by atoms with Gasteiger partial charge in [-0.2, -0.15) is 5.26 Å². The van der Waals surface area contributed by atoms with E-state index < -0.39 is 5.82 Å². The highest BCUT2D eigenvalue weighted by Gasteiger charge is 2.91. The van der Waals surface area contributed by atoms with Gasteiger partial charge < -0.3 is 14.8 Å². The van der Waals surface area contributed by atoms with Crippen molar-refractivity contribution in [3.05, 3.63) is 75.0 Å². The van der Waals surface area contributed by atoms with Crippen LogP contribution in [-0.2, 0) is 16.8 Å². The molecule has 0 radical (unpaired) electrons. The molecule has 6 heterocycles. The van der Waals surface area contributed by atoms with Crippen molar-refractivity contribution >= 4 is 50.9 Å². The van der Waals surface area contributed by atoms with Crippen LogP contribution in [-0.4, -0.2) is 54.5 Å². The summed E-state index contributed by atoms with van der Waals surface area (Å²) in [5.41, 5.74) is 5.28. The first-order valence-corrected chi connectivity index (χ1v) is 17.9. The van der Waals surface area contributed by atoms with Crippen LogP contribution in [0.25, 0.3) is 32.9 Å². The van der Waals surface area contributed by atoms with Crippen LogP contribution in [0.2, 0.25) is 10.0 Å². The third-order valence-electron chi connectivity index (χ3n) is 12.0. The first-order chi connectivity index (χ1) is 23.7. The highest BCUT2D eigenvalue weighted by molar-refractivity contribution is 6.43. The summed E-state index contributed by atoms with van der Waals surface area (Å²) < 4.78 is 21.6. The molecule has 6 aliphatic rings. The molecule has 12 heteroatoms. The van der Waals surface area contributed by atoms with Crippen LogP contribution in [0.15, 0.2) is 36.5 Å². The standard InChI is InChI=1S/C37H33Cl2FN8O/c1-17-15-47(45-44-17)21-12-27(46(16-21)36(49)19-8-9-19)28-13-23-18(2)43-33-24(34(23)48(28)37-25-14-42-35(37)30(25)37)11-20(5-4-10-41)29(32(33)40)22-6-3-7-26(38)31(22)39/h3,6-7,11,13,15,19,21,25,27,30,35,42H,4-5,8-9,12,14,16H2,1-2H3/t21-,25?,27+,30?,35?,37-/m0/s1. The average molecular weight is 696 g/mol. The number of hydrogen-bond donors (Lipinski definition) is 1. The number of halogens is 3. The molecule has 3 saturated heterocycles. The fourth-order valence-electron chi connectivity index (χ4n) is 9.51. The van der Waals surface area contributed by atoms with E-state index in [0.717, 1.165) is 47.4 Å². The molecule has 3 saturated carbocycles. The van der Waals surface area contributed by atoms with Crippen molar-refractivity contribution in [2.45, 2.75) is 69.6 Å². The number of pyridine rings is 1. The van der Waals surface area contributed by atoms with Gasteiger partial charge >= 0.3 is 0 Å². The van der Waals surface area contributed by atoms with E-state index in [1.165, 1.54) is 0 Å². The molecule has 11 rings (SSSR count). The number of aromatic nitrogens is 5. The summed E-state index contributed by atoms with van der Waals surface area (Å²) in [6.45, 7) is 5.39. The lowest BCUT2D eigenvalue weighted by atomic mass is 9.93. The quantitative estimate of drug-likeness (QED) is 0.201. The first kappa shape index (κ1) is 29.8. The molecule has 6 atom stereocenters. The Hall–Kier alpha value is -4.04. The van der Waals surface area contributed by atoms with Crippen LogP contribution in [0.4, 0.5) is 4.39 Å². The number of carbonyl (C=O) groups excluding carboxylic acids is 1. The number of amides is 1. The zero-order valence-corrected chi connectivity index (χ0v) is 28.6. The normalized spacial score (nSPS) is 28.0. The third-order valence-corrected chi connectivity index (χ3v) is 12.8. The lowest BCUT2D eigenvalue weighted by molar-refractivity contribution is -0.133. The van der Waals surface area contributed by atoms with Crippen molar-refractivity contribution in [2.24, 2.45) is 17.8 Å². The van der Waals surface area contributed by atoms with Crippen molar-refractivity contribution in [3.63, 3.8) is 0 Å². The number of carbonyl (C=O) groups is 1. The second kappa shape index (κ2) is 10.3. The number of benzene rings is 2. The fourth-order valence-corrected chi connectivity index (χ4v) is 9.90. The predicted molar refractivity (Wildman–Crippen MR) is 184 cm³/mol. The summed E-state index contributed by atoms with van der Waals surface area (Å²) in [7, 11) is 0. The van der Waals surface area contributed by atoms with Gasteiger partial charge in [0.25, 0.3) is 0 Å². The van der Waals surface area contributed by atoms with Gasteiger partial charge in [0.2, 0.25) is 5.91 Å². The van der Waals surface area contributed by atoms with E-state index >= 15 is 4.39 Å². The summed E-state index contributed by atoms with van der Waals surface area (Å²) in [6, 6.07) is 11.9. The van der Waals surface area contributed by atoms with Gasteiger partial charge in [0.15, 0.2) is 5.82 Å². The highest BCUT2D eigenvalue weighted by Crippen LogP contribution is 2.81. The Bertz CT molecular complexity index is 2300. The van der Waals surface area contributed by atoms with Gasteiger partial charge in [0, 0.05) is 82.8 Å². The summed E-state index contributed by atoms with van der Waals surface area (Å²) in [4.78, 5) is 21.0. The number of fused-ring (bicyclic) bond motifs is 4. The topological polar surface area (TPSA) is 105 Å². The maximum Gasteiger partial charge on any atom is 0.226 e. The number of aryl methyl sites for hydroxylation is 3. The van der Waals surface area contributed by atoms with E-state index in [9.17, 15) is 10.1 Å². The van der Waals surface area contributed by atoms with E-state index in [0.29, 0.717) is 64.4 Å². The Morgan fingerprint density at radius 3 is 2.73 bits per heavy atom. The minimum atomic E-state index is -0.469. The molecule has 1 amide bonds. The predicted octanol–water partition coefficient (Wildman–Crippen LogP) is 6.82. The smallest absolute Gasteiger partial charge is 0.226 e. The van der Waals surface area contributed by atoms with Gasteiger partial charge in [-0.1, -0.05) is 40.5 Å². The van der Waals surface area contributed by atoms with Crippen molar-refractivity contribution in [1.29, 1.82) is 5.26 Å². The molecule has 0 spiro atoms. The number of rotatable bonds is 7. The molecular weight excluding hydrogens is 662 g/mol. The monoisotopic (exact) mass is 694 g/mol. The van der Waals surface area contributed by atoms with Crippen molar-refractivity contribution in [3.8, 4) is 17.2 Å². The lowest BCUT2D eigenvalue weighted by Gasteiger charge is -2.28.